The van der Waals surface area contributed by atoms with Gasteiger partial charge in [-0.2, -0.15) is 0 Å². The Kier molecular flexibility index (Phi) is 8.31. The summed E-state index contributed by atoms with van der Waals surface area (Å²) in [4.78, 5) is 10.6. The fraction of sp³-hybridized carbons (Fsp3) is 0.0769. The van der Waals surface area contributed by atoms with Crippen molar-refractivity contribution in [2.45, 2.75) is 26.2 Å². The van der Waals surface area contributed by atoms with Crippen LogP contribution in [0.15, 0.2) is 176 Å². The maximum atomic E-state index is 5.32. The van der Waals surface area contributed by atoms with Crippen LogP contribution in [0.3, 0.4) is 0 Å². The number of thiophene rings is 1. The molecule has 10 rings (SSSR count). The van der Waals surface area contributed by atoms with Gasteiger partial charge >= 0.3 is 0 Å². The first kappa shape index (κ1) is 33.2. The summed E-state index contributed by atoms with van der Waals surface area (Å²) in [7, 11) is 0. The molecule has 0 N–H and O–H groups in total. The van der Waals surface area contributed by atoms with Gasteiger partial charge in [0.1, 0.15) is 0 Å². The smallest absolute Gasteiger partial charge is 0.0972 e. The van der Waals surface area contributed by atoms with Crippen molar-refractivity contribution in [1.82, 2.24) is 9.97 Å². The summed E-state index contributed by atoms with van der Waals surface area (Å²) in [5.41, 5.74) is 14.9. The molecular weight excluding hydrogens is 685 g/mol. The van der Waals surface area contributed by atoms with E-state index in [2.05, 4.69) is 190 Å². The molecule has 0 aliphatic rings. The van der Waals surface area contributed by atoms with Gasteiger partial charge in [-0.1, -0.05) is 146 Å². The molecule has 0 aliphatic heterocycles. The lowest BCUT2D eigenvalue weighted by atomic mass is 9.83. The minimum atomic E-state index is 0.256. The van der Waals surface area contributed by atoms with Crippen molar-refractivity contribution < 1.29 is 0 Å². The van der Waals surface area contributed by atoms with Gasteiger partial charge in [0.15, 0.2) is 0 Å². The highest BCUT2D eigenvalue weighted by molar-refractivity contribution is 7.25. The van der Waals surface area contributed by atoms with Crippen LogP contribution >= 0.6 is 11.3 Å². The SMILES string of the molecule is CCC(c1cccc(-c2ccc3ccc4ccc(-c5ccc(-c6ccc7sc8ccccc8c7c6)cc5)nc4c3n2)c1)c1ccccc1-c1ccccc1C. The van der Waals surface area contributed by atoms with Crippen LogP contribution in [0.5, 0.6) is 0 Å². The third-order valence-electron chi connectivity index (χ3n) is 11.2. The van der Waals surface area contributed by atoms with Crippen LogP contribution in [0.2, 0.25) is 0 Å². The van der Waals surface area contributed by atoms with Gasteiger partial charge in [0.05, 0.1) is 22.4 Å². The van der Waals surface area contributed by atoms with Crippen molar-refractivity contribution in [1.29, 1.82) is 0 Å². The molecule has 0 bridgehead atoms. The van der Waals surface area contributed by atoms with Crippen LogP contribution < -0.4 is 0 Å². The molecule has 1 unspecified atom stereocenters. The van der Waals surface area contributed by atoms with E-state index < -0.39 is 0 Å². The third-order valence-corrected chi connectivity index (χ3v) is 12.3. The van der Waals surface area contributed by atoms with Crippen molar-refractivity contribution >= 4 is 53.3 Å². The average molecular weight is 723 g/mol. The summed E-state index contributed by atoms with van der Waals surface area (Å²) in [6, 6.07) is 63.8. The number of hydrogen-bond acceptors (Lipinski definition) is 3. The number of aryl methyl sites for hydroxylation is 1. The second-order valence-electron chi connectivity index (χ2n) is 14.5. The average Bonchev–Trinajstić information content (AvgIpc) is 3.62. The Hall–Kier alpha value is -6.42. The minimum Gasteiger partial charge on any atom is -0.245 e. The molecular formula is C52H38N2S. The van der Waals surface area contributed by atoms with E-state index >= 15 is 0 Å². The van der Waals surface area contributed by atoms with Crippen LogP contribution in [-0.2, 0) is 0 Å². The topological polar surface area (TPSA) is 25.8 Å². The highest BCUT2D eigenvalue weighted by Gasteiger charge is 2.19. The van der Waals surface area contributed by atoms with Crippen molar-refractivity contribution in [2.75, 3.05) is 0 Å². The molecule has 0 saturated carbocycles. The molecule has 0 amide bonds. The lowest BCUT2D eigenvalue weighted by Crippen LogP contribution is -2.03. The molecule has 3 heteroatoms. The summed E-state index contributed by atoms with van der Waals surface area (Å²) < 4.78 is 2.65. The quantitative estimate of drug-likeness (QED) is 0.153. The Morgan fingerprint density at radius 1 is 0.473 bits per heavy atom. The van der Waals surface area contributed by atoms with Gasteiger partial charge in [-0.25, -0.2) is 9.97 Å². The molecule has 10 aromatic rings. The molecule has 55 heavy (non-hydrogen) atoms. The van der Waals surface area contributed by atoms with E-state index in [0.717, 1.165) is 50.7 Å². The zero-order valence-corrected chi connectivity index (χ0v) is 31.6. The van der Waals surface area contributed by atoms with E-state index in [1.54, 1.807) is 0 Å². The second kappa shape index (κ2) is 13.8. The molecule has 1 atom stereocenters. The van der Waals surface area contributed by atoms with E-state index in [1.807, 2.05) is 11.3 Å². The fourth-order valence-corrected chi connectivity index (χ4v) is 9.39. The van der Waals surface area contributed by atoms with Gasteiger partial charge in [0.2, 0.25) is 0 Å². The van der Waals surface area contributed by atoms with Crippen LogP contribution in [0.4, 0.5) is 0 Å². The number of fused-ring (bicyclic) bond motifs is 6. The van der Waals surface area contributed by atoms with Crippen molar-refractivity contribution in [2.24, 2.45) is 0 Å². The first-order valence-electron chi connectivity index (χ1n) is 19.1. The van der Waals surface area contributed by atoms with E-state index in [4.69, 9.17) is 9.97 Å². The highest BCUT2D eigenvalue weighted by atomic mass is 32.1. The summed E-state index contributed by atoms with van der Waals surface area (Å²) in [6.07, 6.45) is 0.997. The molecule has 0 saturated heterocycles. The van der Waals surface area contributed by atoms with Crippen molar-refractivity contribution in [3.8, 4) is 44.8 Å². The molecule has 2 nitrogen and oxygen atoms in total. The van der Waals surface area contributed by atoms with E-state index in [9.17, 15) is 0 Å². The van der Waals surface area contributed by atoms with Crippen molar-refractivity contribution in [3.05, 3.63) is 193 Å². The summed E-state index contributed by atoms with van der Waals surface area (Å²) in [6.45, 7) is 4.49. The number of aromatic nitrogens is 2. The largest absolute Gasteiger partial charge is 0.245 e. The first-order valence-corrected chi connectivity index (χ1v) is 19.9. The van der Waals surface area contributed by atoms with Crippen LogP contribution in [0.1, 0.15) is 36.0 Å². The van der Waals surface area contributed by atoms with Gasteiger partial charge in [0, 0.05) is 48.0 Å². The molecule has 0 fully saturated rings. The third kappa shape index (κ3) is 5.98. The maximum Gasteiger partial charge on any atom is 0.0972 e. The Morgan fingerprint density at radius 2 is 1.09 bits per heavy atom. The lowest BCUT2D eigenvalue weighted by Gasteiger charge is -2.21. The van der Waals surface area contributed by atoms with Gasteiger partial charge in [0.25, 0.3) is 0 Å². The molecule has 3 aromatic heterocycles. The predicted molar refractivity (Wildman–Crippen MR) is 235 cm³/mol. The van der Waals surface area contributed by atoms with E-state index in [-0.39, 0.29) is 5.92 Å². The minimum absolute atomic E-state index is 0.256. The van der Waals surface area contributed by atoms with Gasteiger partial charge in [-0.05, 0) is 88.7 Å². The molecule has 262 valence electrons. The molecule has 3 heterocycles. The second-order valence-corrected chi connectivity index (χ2v) is 15.6. The van der Waals surface area contributed by atoms with E-state index in [0.29, 0.717) is 0 Å². The number of hydrogen-bond donors (Lipinski definition) is 0. The Balaban J connectivity index is 0.994. The van der Waals surface area contributed by atoms with Crippen LogP contribution in [-0.4, -0.2) is 9.97 Å². The number of rotatable bonds is 7. The van der Waals surface area contributed by atoms with Gasteiger partial charge in [-0.3, -0.25) is 0 Å². The standard InChI is InChI=1S/C52H38N2S/c1-3-41(43-15-6-7-16-44(43)42-14-5-4-11-33(42)2)39-12-10-13-40(31-39)48-29-26-37-24-23-36-25-28-47(53-51(36)52(37)54-48)35-21-19-34(20-22-35)38-27-30-50-46(32-38)45-17-8-9-18-49(45)55-50/h4-32,41H,3H2,1-2H3. The summed E-state index contributed by atoms with van der Waals surface area (Å²) in [5.74, 6) is 0.256. The molecule has 0 spiro atoms. The predicted octanol–water partition coefficient (Wildman–Crippen LogP) is 14.7. The van der Waals surface area contributed by atoms with Crippen molar-refractivity contribution in [3.63, 3.8) is 0 Å². The molecule has 0 aliphatic carbocycles. The Bertz CT molecular complexity index is 3050. The zero-order chi connectivity index (χ0) is 36.9. The van der Waals surface area contributed by atoms with Crippen LogP contribution in [0.25, 0.3) is 86.7 Å². The van der Waals surface area contributed by atoms with Gasteiger partial charge < -0.3 is 0 Å². The number of benzene rings is 7. The molecule has 0 radical (unpaired) electrons. The Morgan fingerprint density at radius 3 is 1.85 bits per heavy atom. The lowest BCUT2D eigenvalue weighted by molar-refractivity contribution is 0.779. The van der Waals surface area contributed by atoms with Crippen LogP contribution in [0, 0.1) is 6.92 Å². The van der Waals surface area contributed by atoms with Gasteiger partial charge in [-0.15, -0.1) is 11.3 Å². The summed E-state index contributed by atoms with van der Waals surface area (Å²) in [5, 5.41) is 4.81. The number of nitrogens with zero attached hydrogens (tertiary/aromatic N) is 2. The normalized spacial score (nSPS) is 12.2. The summed E-state index contributed by atoms with van der Waals surface area (Å²) >= 11 is 1.85. The fourth-order valence-electron chi connectivity index (χ4n) is 8.30. The van der Waals surface area contributed by atoms with E-state index in [1.165, 1.54) is 59.1 Å². The Labute approximate surface area is 325 Å². The monoisotopic (exact) mass is 722 g/mol. The zero-order valence-electron chi connectivity index (χ0n) is 30.8. The number of pyridine rings is 2. The highest BCUT2D eigenvalue weighted by Crippen LogP contribution is 2.39. The first-order chi connectivity index (χ1) is 27.1. The molecule has 7 aromatic carbocycles. The maximum absolute atomic E-state index is 5.32.